The second-order valence-electron chi connectivity index (χ2n) is 11.4. The Hall–Kier alpha value is -5.52. The van der Waals surface area contributed by atoms with E-state index in [4.69, 9.17) is 10.6 Å². The Bertz CT molecular complexity index is 1620. The van der Waals surface area contributed by atoms with E-state index >= 15 is 0 Å². The Kier molecular flexibility index (Phi) is 13.2. The Morgan fingerprint density at radius 1 is 0.583 bits per heavy atom. The van der Waals surface area contributed by atoms with Gasteiger partial charge in [0.15, 0.2) is 0 Å². The monoisotopic (exact) mass is 651 g/mol. The number of phenolic OH excluding ortho intramolecular Hbond substituents is 1. The molecule has 0 heterocycles. The van der Waals surface area contributed by atoms with E-state index in [-0.39, 0.29) is 25.2 Å². The van der Waals surface area contributed by atoms with Gasteiger partial charge in [-0.3, -0.25) is 24.0 Å². The number of primary amides is 1. The fraction of sp³-hybridized carbons (Fsp3) is 0.243. The number of nitrogens with one attached hydrogen (secondary N) is 4. The molecule has 0 aliphatic rings. The number of aromatic hydroxyl groups is 1. The highest BCUT2D eigenvalue weighted by atomic mass is 16.6. The molecule has 0 spiro atoms. The minimum atomic E-state index is -1.09. The number of hydroxylamine groups is 1. The van der Waals surface area contributed by atoms with Crippen LogP contribution >= 0.6 is 0 Å². The zero-order chi connectivity index (χ0) is 34.3. The average Bonchev–Trinajstić information content (AvgIpc) is 3.09. The van der Waals surface area contributed by atoms with Crippen molar-refractivity contribution in [2.24, 2.45) is 5.73 Å². The quantitative estimate of drug-likeness (QED) is 0.0953. The van der Waals surface area contributed by atoms with E-state index < -0.39 is 47.8 Å². The summed E-state index contributed by atoms with van der Waals surface area (Å²) in [6.07, 6.45) is 0.502. The highest BCUT2D eigenvalue weighted by molar-refractivity contribution is 5.94. The Balaban J connectivity index is 1.43. The van der Waals surface area contributed by atoms with Crippen molar-refractivity contribution < 1.29 is 29.1 Å². The summed E-state index contributed by atoms with van der Waals surface area (Å²) in [5.74, 6) is -2.38. The standard InChI is InChI=1S/C37H41N5O6/c1-25(39-37(47)33(23-27-13-7-3-8-14-27)42-48-24-29-15-9-4-10-16-29)35(45)41-32(22-26-11-5-2-6-12-26)36(46)40-31(34(38)44)21-28-17-19-30(43)20-18-28/h2-20,25,31-33,42-43H,21-24H2,1H3,(H2,38,44)(H,39,47)(H,40,46)(H,41,45)/t25-,31-,32-,33-/m0/s1. The fourth-order valence-electron chi connectivity index (χ4n) is 4.94. The molecule has 48 heavy (non-hydrogen) atoms. The molecule has 4 amide bonds. The third-order valence-electron chi connectivity index (χ3n) is 7.61. The lowest BCUT2D eigenvalue weighted by molar-refractivity contribution is -0.134. The number of carbonyl (C=O) groups is 4. The molecule has 0 aliphatic heterocycles. The number of phenols is 1. The molecule has 0 bridgehead atoms. The molecule has 7 N–H and O–H groups in total. The normalized spacial score (nSPS) is 13.4. The zero-order valence-corrected chi connectivity index (χ0v) is 26.7. The first-order valence-electron chi connectivity index (χ1n) is 15.7. The maximum atomic E-state index is 13.5. The van der Waals surface area contributed by atoms with Crippen molar-refractivity contribution in [2.45, 2.75) is 57.0 Å². The molecule has 4 aromatic rings. The van der Waals surface area contributed by atoms with Crippen LogP contribution in [0.2, 0.25) is 0 Å². The highest BCUT2D eigenvalue weighted by Crippen LogP contribution is 2.12. The van der Waals surface area contributed by atoms with Crippen molar-refractivity contribution in [1.29, 1.82) is 0 Å². The Labute approximate surface area is 279 Å². The smallest absolute Gasteiger partial charge is 0.243 e. The van der Waals surface area contributed by atoms with E-state index in [2.05, 4.69) is 21.4 Å². The molecule has 4 rings (SSSR count). The number of benzene rings is 4. The largest absolute Gasteiger partial charge is 0.508 e. The molecule has 0 fully saturated rings. The van der Waals surface area contributed by atoms with Crippen LogP contribution in [0.3, 0.4) is 0 Å². The van der Waals surface area contributed by atoms with Crippen molar-refractivity contribution in [3.63, 3.8) is 0 Å². The summed E-state index contributed by atoms with van der Waals surface area (Å²) < 4.78 is 0. The number of carbonyl (C=O) groups excluding carboxylic acids is 4. The van der Waals surface area contributed by atoms with Crippen molar-refractivity contribution >= 4 is 23.6 Å². The highest BCUT2D eigenvalue weighted by Gasteiger charge is 2.29. The van der Waals surface area contributed by atoms with Crippen LogP contribution in [0.15, 0.2) is 115 Å². The van der Waals surface area contributed by atoms with Crippen LogP contribution < -0.4 is 27.2 Å². The minimum absolute atomic E-state index is 0.0622. The van der Waals surface area contributed by atoms with Crippen LogP contribution in [0.25, 0.3) is 0 Å². The van der Waals surface area contributed by atoms with E-state index in [9.17, 15) is 24.3 Å². The predicted molar refractivity (Wildman–Crippen MR) is 181 cm³/mol. The van der Waals surface area contributed by atoms with Crippen molar-refractivity contribution in [3.05, 3.63) is 138 Å². The van der Waals surface area contributed by atoms with Crippen molar-refractivity contribution in [2.75, 3.05) is 0 Å². The van der Waals surface area contributed by atoms with Crippen LogP contribution in [0.4, 0.5) is 0 Å². The van der Waals surface area contributed by atoms with Crippen LogP contribution in [-0.4, -0.2) is 52.9 Å². The molecular formula is C37H41N5O6. The first-order chi connectivity index (χ1) is 23.2. The van der Waals surface area contributed by atoms with Crippen LogP contribution in [-0.2, 0) is 49.9 Å². The molecule has 0 aliphatic carbocycles. The Morgan fingerprint density at radius 2 is 1.02 bits per heavy atom. The first kappa shape index (κ1) is 35.3. The van der Waals surface area contributed by atoms with Gasteiger partial charge in [0.05, 0.1) is 6.61 Å². The number of amides is 4. The second-order valence-corrected chi connectivity index (χ2v) is 11.4. The molecule has 0 saturated heterocycles. The number of hydrogen-bond acceptors (Lipinski definition) is 7. The molecule has 250 valence electrons. The summed E-state index contributed by atoms with van der Waals surface area (Å²) in [4.78, 5) is 58.4. The van der Waals surface area contributed by atoms with Gasteiger partial charge in [-0.25, -0.2) is 0 Å². The topological polar surface area (TPSA) is 172 Å². The maximum Gasteiger partial charge on any atom is 0.243 e. The van der Waals surface area contributed by atoms with Gasteiger partial charge in [0.2, 0.25) is 23.6 Å². The average molecular weight is 652 g/mol. The molecule has 0 radical (unpaired) electrons. The predicted octanol–water partition coefficient (Wildman–Crippen LogP) is 2.47. The lowest BCUT2D eigenvalue weighted by Gasteiger charge is -2.25. The van der Waals surface area contributed by atoms with Gasteiger partial charge < -0.3 is 26.8 Å². The van der Waals surface area contributed by atoms with Gasteiger partial charge in [-0.05, 0) is 47.7 Å². The van der Waals surface area contributed by atoms with Crippen LogP contribution in [0.5, 0.6) is 5.75 Å². The number of rotatable bonds is 17. The van der Waals surface area contributed by atoms with Crippen molar-refractivity contribution in [3.8, 4) is 5.75 Å². The summed E-state index contributed by atoms with van der Waals surface area (Å²) in [6.45, 7) is 1.75. The third-order valence-corrected chi connectivity index (χ3v) is 7.61. The fourth-order valence-corrected chi connectivity index (χ4v) is 4.94. The van der Waals surface area contributed by atoms with Gasteiger partial charge in [0, 0.05) is 12.8 Å². The molecule has 4 atom stereocenters. The van der Waals surface area contributed by atoms with Gasteiger partial charge >= 0.3 is 0 Å². The van der Waals surface area contributed by atoms with Gasteiger partial charge in [-0.1, -0.05) is 103 Å². The van der Waals surface area contributed by atoms with E-state index in [1.807, 2.05) is 91.0 Å². The molecule has 0 unspecified atom stereocenters. The zero-order valence-electron chi connectivity index (χ0n) is 26.7. The molecule has 0 aromatic heterocycles. The molecule has 0 saturated carbocycles. The van der Waals surface area contributed by atoms with E-state index in [0.29, 0.717) is 12.0 Å². The minimum Gasteiger partial charge on any atom is -0.508 e. The maximum absolute atomic E-state index is 13.5. The van der Waals surface area contributed by atoms with Gasteiger partial charge in [0.25, 0.3) is 0 Å². The number of hydrogen-bond donors (Lipinski definition) is 6. The molecular weight excluding hydrogens is 610 g/mol. The summed E-state index contributed by atoms with van der Waals surface area (Å²) in [7, 11) is 0. The van der Waals surface area contributed by atoms with Crippen LogP contribution in [0, 0.1) is 0 Å². The lowest BCUT2D eigenvalue weighted by atomic mass is 10.0. The summed E-state index contributed by atoms with van der Waals surface area (Å²) in [5, 5.41) is 17.7. The second kappa shape index (κ2) is 18.0. The molecule has 11 nitrogen and oxygen atoms in total. The first-order valence-corrected chi connectivity index (χ1v) is 15.7. The lowest BCUT2D eigenvalue weighted by Crippen LogP contribution is -2.58. The summed E-state index contributed by atoms with van der Waals surface area (Å²) in [6, 6.07) is 30.2. The van der Waals surface area contributed by atoms with Gasteiger partial charge in [0.1, 0.15) is 29.9 Å². The van der Waals surface area contributed by atoms with E-state index in [1.165, 1.54) is 19.1 Å². The van der Waals surface area contributed by atoms with Crippen LogP contribution in [0.1, 0.15) is 29.2 Å². The van der Waals surface area contributed by atoms with E-state index in [0.717, 1.165) is 16.7 Å². The molecule has 4 aromatic carbocycles. The number of nitrogens with two attached hydrogens (primary N) is 1. The van der Waals surface area contributed by atoms with E-state index in [1.54, 1.807) is 12.1 Å². The summed E-state index contributed by atoms with van der Waals surface area (Å²) >= 11 is 0. The van der Waals surface area contributed by atoms with Gasteiger partial charge in [-0.15, -0.1) is 0 Å². The Morgan fingerprint density at radius 3 is 1.56 bits per heavy atom. The summed E-state index contributed by atoms with van der Waals surface area (Å²) in [5.41, 5.74) is 11.7. The SMILES string of the molecule is C[C@H](NC(=O)[C@H](Cc1ccccc1)NOCc1ccccc1)C(=O)N[C@@H](Cc1ccccc1)C(=O)N[C@@H](Cc1ccc(O)cc1)C(N)=O. The van der Waals surface area contributed by atoms with Gasteiger partial charge in [-0.2, -0.15) is 5.48 Å². The van der Waals surface area contributed by atoms with Crippen molar-refractivity contribution in [1.82, 2.24) is 21.4 Å². The third kappa shape index (κ3) is 11.4. The molecule has 11 heteroatoms.